The number of imidazole rings is 1. The Morgan fingerprint density at radius 1 is 1.43 bits per heavy atom. The molecule has 1 aromatic heterocycles. The van der Waals surface area contributed by atoms with E-state index in [-0.39, 0.29) is 0 Å². The van der Waals surface area contributed by atoms with Crippen molar-refractivity contribution < 1.29 is 0 Å². The van der Waals surface area contributed by atoms with Crippen molar-refractivity contribution in [3.63, 3.8) is 0 Å². The molecule has 0 bridgehead atoms. The molecule has 0 atom stereocenters. The van der Waals surface area contributed by atoms with Gasteiger partial charge >= 0.3 is 0 Å². The van der Waals surface area contributed by atoms with Gasteiger partial charge in [0.2, 0.25) is 0 Å². The van der Waals surface area contributed by atoms with E-state index in [1.165, 1.54) is 0 Å². The Morgan fingerprint density at radius 3 is 2.71 bits per heavy atom. The van der Waals surface area contributed by atoms with Crippen molar-refractivity contribution in [2.24, 2.45) is 7.05 Å². The predicted molar refractivity (Wildman–Crippen MR) is 63.7 cm³/mol. The van der Waals surface area contributed by atoms with E-state index < -0.39 is 0 Å². The molecule has 0 fully saturated rings. The van der Waals surface area contributed by atoms with E-state index in [9.17, 15) is 0 Å². The Kier molecular flexibility index (Phi) is 4.32. The van der Waals surface area contributed by atoms with Gasteiger partial charge in [-0.05, 0) is 18.4 Å². The molecule has 3 nitrogen and oxygen atoms in total. The lowest BCUT2D eigenvalue weighted by Gasteiger charge is -2.00. The van der Waals surface area contributed by atoms with Gasteiger partial charge in [0.25, 0.3) is 0 Å². The highest BCUT2D eigenvalue weighted by Gasteiger charge is 2.10. The smallest absolute Gasteiger partial charge is 0.126 e. The average Bonchev–Trinajstić information content (AvgIpc) is 2.44. The van der Waals surface area contributed by atoms with E-state index in [4.69, 9.17) is 5.73 Å². The lowest BCUT2D eigenvalue weighted by Crippen LogP contribution is -2.02. The van der Waals surface area contributed by atoms with Crippen molar-refractivity contribution in [1.82, 2.24) is 9.55 Å². The van der Waals surface area contributed by atoms with Crippen LogP contribution < -0.4 is 5.73 Å². The topological polar surface area (TPSA) is 43.8 Å². The number of anilines is 1. The summed E-state index contributed by atoms with van der Waals surface area (Å²) >= 11 is 1.83. The lowest BCUT2D eigenvalue weighted by molar-refractivity contribution is 0.763. The quantitative estimate of drug-likeness (QED) is 0.812. The van der Waals surface area contributed by atoms with Crippen LogP contribution in [-0.2, 0) is 19.9 Å². The van der Waals surface area contributed by atoms with Crippen LogP contribution in [0.5, 0.6) is 0 Å². The van der Waals surface area contributed by atoms with Crippen molar-refractivity contribution >= 4 is 17.6 Å². The number of nitrogens with zero attached hydrogens (tertiary/aromatic N) is 2. The molecule has 0 saturated carbocycles. The van der Waals surface area contributed by atoms with Crippen LogP contribution in [0.3, 0.4) is 0 Å². The van der Waals surface area contributed by atoms with Crippen molar-refractivity contribution in [3.05, 3.63) is 11.5 Å². The zero-order valence-electron chi connectivity index (χ0n) is 9.21. The Morgan fingerprint density at radius 2 is 2.14 bits per heavy atom. The molecule has 0 aliphatic carbocycles. The predicted octanol–water partition coefficient (Wildman–Crippen LogP) is 1.86. The summed E-state index contributed by atoms with van der Waals surface area (Å²) in [6, 6.07) is 0. The Balaban J connectivity index is 2.79. The van der Waals surface area contributed by atoms with E-state index in [0.717, 1.165) is 42.4 Å². The Labute approximate surface area is 90.1 Å². The number of hydrogen-bond donors (Lipinski definition) is 1. The second-order valence-corrected chi connectivity index (χ2v) is 4.40. The van der Waals surface area contributed by atoms with Crippen molar-refractivity contribution in [2.75, 3.05) is 17.7 Å². The highest BCUT2D eigenvalue weighted by molar-refractivity contribution is 7.98. The van der Waals surface area contributed by atoms with E-state index in [2.05, 4.69) is 18.2 Å². The Bertz CT molecular complexity index is 294. The minimum absolute atomic E-state index is 0.836. The van der Waals surface area contributed by atoms with Gasteiger partial charge in [-0.2, -0.15) is 11.8 Å². The fourth-order valence-corrected chi connectivity index (χ4v) is 1.85. The highest BCUT2D eigenvalue weighted by Crippen LogP contribution is 2.15. The van der Waals surface area contributed by atoms with Gasteiger partial charge in [0.1, 0.15) is 11.6 Å². The van der Waals surface area contributed by atoms with E-state index in [1.807, 2.05) is 23.4 Å². The molecule has 0 amide bonds. The lowest BCUT2D eigenvalue weighted by atomic mass is 10.3. The molecule has 0 aromatic carbocycles. The van der Waals surface area contributed by atoms with Crippen LogP contribution >= 0.6 is 11.8 Å². The number of nitrogens with two attached hydrogens (primary N) is 1. The average molecular weight is 213 g/mol. The highest BCUT2D eigenvalue weighted by atomic mass is 32.2. The number of aryl methyl sites for hydroxylation is 2. The molecule has 1 rings (SSSR count). The van der Waals surface area contributed by atoms with Crippen LogP contribution in [0.15, 0.2) is 0 Å². The molecule has 0 radical (unpaired) electrons. The molecule has 0 aliphatic rings. The van der Waals surface area contributed by atoms with Gasteiger partial charge < -0.3 is 10.3 Å². The third-order valence-corrected chi connectivity index (χ3v) is 2.94. The van der Waals surface area contributed by atoms with Crippen LogP contribution in [0.2, 0.25) is 0 Å². The van der Waals surface area contributed by atoms with E-state index >= 15 is 0 Å². The van der Waals surface area contributed by atoms with Crippen LogP contribution in [0.25, 0.3) is 0 Å². The maximum atomic E-state index is 5.97. The van der Waals surface area contributed by atoms with Gasteiger partial charge in [-0.1, -0.05) is 6.92 Å². The number of rotatable bonds is 5. The van der Waals surface area contributed by atoms with Gasteiger partial charge in [-0.25, -0.2) is 4.98 Å². The summed E-state index contributed by atoms with van der Waals surface area (Å²) in [7, 11) is 2.00. The van der Waals surface area contributed by atoms with Crippen LogP contribution in [0.1, 0.15) is 24.9 Å². The second kappa shape index (κ2) is 5.29. The van der Waals surface area contributed by atoms with Gasteiger partial charge in [-0.15, -0.1) is 0 Å². The summed E-state index contributed by atoms with van der Waals surface area (Å²) in [5.74, 6) is 3.04. The second-order valence-electron chi connectivity index (χ2n) is 3.41. The van der Waals surface area contributed by atoms with Crippen LogP contribution in [-0.4, -0.2) is 21.6 Å². The molecule has 80 valence electrons. The number of aromatic nitrogens is 2. The minimum atomic E-state index is 0.836. The maximum Gasteiger partial charge on any atom is 0.126 e. The molecular weight excluding hydrogens is 194 g/mol. The number of nitrogen functional groups attached to an aromatic ring is 1. The molecule has 1 heterocycles. The van der Waals surface area contributed by atoms with Crippen LogP contribution in [0, 0.1) is 0 Å². The first-order valence-corrected chi connectivity index (χ1v) is 6.39. The standard InChI is InChI=1S/C10H19N3S/c1-4-5-9-12-8(6-7-14-3)10(11)13(9)2/h4-7,11H2,1-3H3. The first kappa shape index (κ1) is 11.4. The fraction of sp³-hybridized carbons (Fsp3) is 0.700. The molecule has 0 unspecified atom stereocenters. The van der Waals surface area contributed by atoms with Gasteiger partial charge in [0.15, 0.2) is 0 Å². The molecule has 0 aliphatic heterocycles. The SMILES string of the molecule is CCCc1nc(CCSC)c(N)n1C. The normalized spacial score (nSPS) is 10.8. The molecule has 1 aromatic rings. The summed E-state index contributed by atoms with van der Waals surface area (Å²) in [6.07, 6.45) is 5.21. The summed E-state index contributed by atoms with van der Waals surface area (Å²) in [4.78, 5) is 4.56. The molecule has 14 heavy (non-hydrogen) atoms. The molecular formula is C10H19N3S. The number of hydrogen-bond acceptors (Lipinski definition) is 3. The molecule has 0 saturated heterocycles. The molecule has 4 heteroatoms. The minimum Gasteiger partial charge on any atom is -0.384 e. The van der Waals surface area contributed by atoms with Crippen LogP contribution in [0.4, 0.5) is 5.82 Å². The van der Waals surface area contributed by atoms with E-state index in [0.29, 0.717) is 0 Å². The van der Waals surface area contributed by atoms with Crippen molar-refractivity contribution in [3.8, 4) is 0 Å². The van der Waals surface area contributed by atoms with Crippen molar-refractivity contribution in [1.29, 1.82) is 0 Å². The first-order valence-electron chi connectivity index (χ1n) is 4.99. The van der Waals surface area contributed by atoms with Gasteiger partial charge in [0, 0.05) is 19.9 Å². The summed E-state index contributed by atoms with van der Waals surface area (Å²) in [5.41, 5.74) is 7.03. The maximum absolute atomic E-state index is 5.97. The zero-order valence-corrected chi connectivity index (χ0v) is 10.0. The fourth-order valence-electron chi connectivity index (χ4n) is 1.45. The molecule has 0 spiro atoms. The molecule has 2 N–H and O–H groups in total. The Hall–Kier alpha value is -0.640. The third kappa shape index (κ3) is 2.44. The largest absolute Gasteiger partial charge is 0.384 e. The van der Waals surface area contributed by atoms with Gasteiger partial charge in [0.05, 0.1) is 5.69 Å². The summed E-state index contributed by atoms with van der Waals surface area (Å²) in [5, 5.41) is 0. The van der Waals surface area contributed by atoms with Crippen molar-refractivity contribution in [2.45, 2.75) is 26.2 Å². The monoisotopic (exact) mass is 213 g/mol. The van der Waals surface area contributed by atoms with Gasteiger partial charge in [-0.3, -0.25) is 0 Å². The van der Waals surface area contributed by atoms with E-state index in [1.54, 1.807) is 0 Å². The first-order chi connectivity index (χ1) is 6.70. The summed E-state index contributed by atoms with van der Waals surface area (Å²) < 4.78 is 2.01. The summed E-state index contributed by atoms with van der Waals surface area (Å²) in [6.45, 7) is 2.16. The number of thioether (sulfide) groups is 1. The third-order valence-electron chi connectivity index (χ3n) is 2.32. The zero-order chi connectivity index (χ0) is 10.6.